The zero-order chi connectivity index (χ0) is 9.10. The summed E-state index contributed by atoms with van der Waals surface area (Å²) < 4.78 is 0. The molecule has 4 heteroatoms. The molecule has 0 saturated heterocycles. The van der Waals surface area contributed by atoms with Gasteiger partial charge in [-0.15, -0.1) is 12.4 Å². The number of aryl methyl sites for hydroxylation is 1. The van der Waals surface area contributed by atoms with E-state index < -0.39 is 0 Å². The Balaban J connectivity index is 0.000000980. The highest BCUT2D eigenvalue weighted by molar-refractivity contribution is 5.95. The van der Waals surface area contributed by atoms with Gasteiger partial charge in [-0.05, 0) is 18.6 Å². The Labute approximate surface area is 90.0 Å². The zero-order valence-electron chi connectivity index (χ0n) is 8.08. The topological polar surface area (TPSA) is 36.4 Å². The lowest BCUT2D eigenvalue weighted by atomic mass is 10.2. The van der Waals surface area contributed by atoms with Crippen molar-refractivity contribution in [2.45, 2.75) is 6.92 Å². The van der Waals surface area contributed by atoms with Crippen molar-refractivity contribution in [3.8, 4) is 0 Å². The van der Waals surface area contributed by atoms with Gasteiger partial charge < -0.3 is 10.6 Å². The van der Waals surface area contributed by atoms with Crippen LogP contribution in [0.5, 0.6) is 0 Å². The second-order valence-electron chi connectivity index (χ2n) is 3.10. The fraction of sp³-hybridized carbons (Fsp3) is 0.300. The van der Waals surface area contributed by atoms with E-state index in [-0.39, 0.29) is 12.4 Å². The van der Waals surface area contributed by atoms with Gasteiger partial charge in [0.05, 0.1) is 6.54 Å². The fourth-order valence-electron chi connectivity index (χ4n) is 1.32. The Morgan fingerprint density at radius 3 is 2.79 bits per heavy atom. The average molecular weight is 212 g/mol. The molecule has 1 heterocycles. The lowest BCUT2D eigenvalue weighted by molar-refractivity contribution is 0.959. The smallest absolute Gasteiger partial charge is 0.195 e. The maximum absolute atomic E-state index is 4.27. The number of halogens is 1. The van der Waals surface area contributed by atoms with Crippen molar-refractivity contribution in [2.75, 3.05) is 18.4 Å². The van der Waals surface area contributed by atoms with Gasteiger partial charge >= 0.3 is 0 Å². The molecule has 14 heavy (non-hydrogen) atoms. The van der Waals surface area contributed by atoms with Gasteiger partial charge in [-0.2, -0.15) is 0 Å². The van der Waals surface area contributed by atoms with Crippen LogP contribution in [-0.2, 0) is 0 Å². The second-order valence-corrected chi connectivity index (χ2v) is 3.10. The number of benzene rings is 1. The summed E-state index contributed by atoms with van der Waals surface area (Å²) in [6.45, 7) is 3.89. The highest BCUT2D eigenvalue weighted by Crippen LogP contribution is 2.12. The largest absolute Gasteiger partial charge is 0.354 e. The average Bonchev–Trinajstić information content (AvgIpc) is 2.61. The lowest BCUT2D eigenvalue weighted by Gasteiger charge is -2.08. The Hall–Kier alpha value is -1.22. The monoisotopic (exact) mass is 211 g/mol. The van der Waals surface area contributed by atoms with E-state index in [9.17, 15) is 0 Å². The Kier molecular flexibility index (Phi) is 3.77. The molecule has 0 saturated carbocycles. The van der Waals surface area contributed by atoms with Crippen LogP contribution in [0.25, 0.3) is 0 Å². The van der Waals surface area contributed by atoms with Crippen LogP contribution >= 0.6 is 12.4 Å². The van der Waals surface area contributed by atoms with Gasteiger partial charge in [-0.25, -0.2) is 0 Å². The van der Waals surface area contributed by atoms with Crippen molar-refractivity contribution in [1.82, 2.24) is 5.32 Å². The molecule has 2 rings (SSSR count). The van der Waals surface area contributed by atoms with Gasteiger partial charge in [0, 0.05) is 12.2 Å². The number of anilines is 1. The van der Waals surface area contributed by atoms with Gasteiger partial charge in [0.25, 0.3) is 0 Å². The first-order chi connectivity index (χ1) is 6.36. The lowest BCUT2D eigenvalue weighted by Crippen LogP contribution is -2.26. The molecular formula is C10H14ClN3. The van der Waals surface area contributed by atoms with E-state index in [0.29, 0.717) is 0 Å². The molecule has 76 valence electrons. The SMILES string of the molecule is Cc1ccccc1NC1=NCCN1.Cl. The first kappa shape index (κ1) is 10.9. The summed E-state index contributed by atoms with van der Waals surface area (Å²) in [5, 5.41) is 6.42. The molecule has 2 N–H and O–H groups in total. The van der Waals surface area contributed by atoms with Crippen LogP contribution in [0, 0.1) is 6.92 Å². The third-order valence-electron chi connectivity index (χ3n) is 2.07. The number of nitrogens with one attached hydrogen (secondary N) is 2. The van der Waals surface area contributed by atoms with Crippen LogP contribution in [-0.4, -0.2) is 19.0 Å². The minimum absolute atomic E-state index is 0. The maximum atomic E-state index is 4.27. The number of hydrogen-bond donors (Lipinski definition) is 2. The summed E-state index contributed by atoms with van der Waals surface area (Å²) in [4.78, 5) is 4.27. The van der Waals surface area contributed by atoms with Gasteiger partial charge in [-0.1, -0.05) is 18.2 Å². The third-order valence-corrected chi connectivity index (χ3v) is 2.07. The molecule has 0 radical (unpaired) electrons. The van der Waals surface area contributed by atoms with Crippen LogP contribution in [0.2, 0.25) is 0 Å². The minimum atomic E-state index is 0. The molecular weight excluding hydrogens is 198 g/mol. The number of para-hydroxylation sites is 1. The van der Waals surface area contributed by atoms with Crippen LogP contribution in [0.1, 0.15) is 5.56 Å². The molecule has 0 unspecified atom stereocenters. The van der Waals surface area contributed by atoms with Crippen LogP contribution in [0.4, 0.5) is 5.69 Å². The van der Waals surface area contributed by atoms with Crippen molar-refractivity contribution in [3.05, 3.63) is 29.8 Å². The summed E-state index contributed by atoms with van der Waals surface area (Å²) in [7, 11) is 0. The third kappa shape index (κ3) is 2.39. The number of hydrogen-bond acceptors (Lipinski definition) is 3. The molecule has 0 atom stereocenters. The van der Waals surface area contributed by atoms with Gasteiger partial charge in [-0.3, -0.25) is 4.99 Å². The zero-order valence-corrected chi connectivity index (χ0v) is 8.90. The van der Waals surface area contributed by atoms with Crippen molar-refractivity contribution < 1.29 is 0 Å². The molecule has 1 aliphatic heterocycles. The standard InChI is InChI=1S/C10H13N3.ClH/c1-8-4-2-3-5-9(8)13-10-11-6-7-12-10;/h2-5H,6-7H2,1H3,(H2,11,12,13);1H. The van der Waals surface area contributed by atoms with E-state index in [4.69, 9.17) is 0 Å². The number of nitrogens with zero attached hydrogens (tertiary/aromatic N) is 1. The maximum Gasteiger partial charge on any atom is 0.195 e. The molecule has 0 aliphatic carbocycles. The highest BCUT2D eigenvalue weighted by atomic mass is 35.5. The van der Waals surface area contributed by atoms with Crippen LogP contribution < -0.4 is 10.6 Å². The van der Waals surface area contributed by atoms with Gasteiger partial charge in [0.1, 0.15) is 0 Å². The Morgan fingerprint density at radius 2 is 2.14 bits per heavy atom. The summed E-state index contributed by atoms with van der Waals surface area (Å²) in [6.07, 6.45) is 0. The van der Waals surface area contributed by atoms with E-state index in [1.807, 2.05) is 12.1 Å². The second kappa shape index (κ2) is 4.86. The predicted octanol–water partition coefficient (Wildman–Crippen LogP) is 1.79. The normalized spacial score (nSPS) is 13.9. The molecule has 1 aliphatic rings. The van der Waals surface area contributed by atoms with E-state index in [1.165, 1.54) is 5.56 Å². The van der Waals surface area contributed by atoms with Gasteiger partial charge in [0.2, 0.25) is 0 Å². The summed E-state index contributed by atoms with van der Waals surface area (Å²) >= 11 is 0. The van der Waals surface area contributed by atoms with Crippen molar-refractivity contribution in [2.24, 2.45) is 4.99 Å². The quantitative estimate of drug-likeness (QED) is 0.743. The summed E-state index contributed by atoms with van der Waals surface area (Å²) in [5.41, 5.74) is 2.36. The van der Waals surface area contributed by atoms with Crippen molar-refractivity contribution in [3.63, 3.8) is 0 Å². The molecule has 0 spiro atoms. The Morgan fingerprint density at radius 1 is 1.36 bits per heavy atom. The first-order valence-corrected chi connectivity index (χ1v) is 4.47. The molecule has 3 nitrogen and oxygen atoms in total. The van der Waals surface area contributed by atoms with E-state index in [0.717, 1.165) is 24.7 Å². The molecule has 0 aromatic heterocycles. The summed E-state index contributed by atoms with van der Waals surface area (Å²) in [5.74, 6) is 0.884. The molecule has 0 bridgehead atoms. The van der Waals surface area contributed by atoms with E-state index in [2.05, 4.69) is 34.7 Å². The molecule has 0 amide bonds. The van der Waals surface area contributed by atoms with E-state index in [1.54, 1.807) is 0 Å². The molecule has 1 aromatic carbocycles. The predicted molar refractivity (Wildman–Crippen MR) is 62.4 cm³/mol. The fourth-order valence-corrected chi connectivity index (χ4v) is 1.32. The number of aliphatic imine (C=N–C) groups is 1. The highest BCUT2D eigenvalue weighted by Gasteiger charge is 2.05. The molecule has 0 fully saturated rings. The van der Waals surface area contributed by atoms with Gasteiger partial charge in [0.15, 0.2) is 5.96 Å². The summed E-state index contributed by atoms with van der Waals surface area (Å²) in [6, 6.07) is 8.19. The first-order valence-electron chi connectivity index (χ1n) is 4.47. The van der Waals surface area contributed by atoms with Crippen LogP contribution in [0.15, 0.2) is 29.3 Å². The molecule has 1 aromatic rings. The Bertz CT molecular complexity index is 336. The minimum Gasteiger partial charge on any atom is -0.354 e. The van der Waals surface area contributed by atoms with E-state index >= 15 is 0 Å². The van der Waals surface area contributed by atoms with Crippen molar-refractivity contribution in [1.29, 1.82) is 0 Å². The van der Waals surface area contributed by atoms with Crippen LogP contribution in [0.3, 0.4) is 0 Å². The number of rotatable bonds is 1. The number of guanidine groups is 1. The van der Waals surface area contributed by atoms with Crippen molar-refractivity contribution >= 4 is 24.1 Å².